The third-order valence-corrected chi connectivity index (χ3v) is 0.705. The molecule has 0 unspecified atom stereocenters. The van der Waals surface area contributed by atoms with Crippen molar-refractivity contribution in [2.75, 3.05) is 0 Å². The van der Waals surface area contributed by atoms with Gasteiger partial charge in [0.15, 0.2) is 0 Å². The Hall–Kier alpha value is -1.05. The monoisotopic (exact) mass is 124 g/mol. The van der Waals surface area contributed by atoms with Gasteiger partial charge >= 0.3 is 0 Å². The Morgan fingerprint density at radius 3 is 2.33 bits per heavy atom. The summed E-state index contributed by atoms with van der Waals surface area (Å²) in [5, 5.41) is 6.98. The third-order valence-electron chi connectivity index (χ3n) is 0.705. The molecule has 9 heavy (non-hydrogen) atoms. The Morgan fingerprint density at radius 2 is 2.00 bits per heavy atom. The van der Waals surface area contributed by atoms with Crippen molar-refractivity contribution in [3.63, 3.8) is 0 Å². The highest BCUT2D eigenvalue weighted by molar-refractivity contribution is 5.90. The number of nitrogens with one attached hydrogen (secondary N) is 1. The van der Waals surface area contributed by atoms with Crippen molar-refractivity contribution in [2.24, 2.45) is 5.73 Å². The van der Waals surface area contributed by atoms with E-state index < -0.39 is 0 Å². The Morgan fingerprint density at radius 1 is 1.44 bits per heavy atom. The summed E-state index contributed by atoms with van der Waals surface area (Å²) in [6.45, 7) is 3.53. The van der Waals surface area contributed by atoms with Crippen LogP contribution < -0.4 is 5.73 Å². The second kappa shape index (κ2) is 3.89. The quantitative estimate of drug-likeness (QED) is 0.424. The van der Waals surface area contributed by atoms with Crippen LogP contribution in [0.15, 0.2) is 23.9 Å². The fraction of sp³-hybridized carbons (Fsp3) is 0.286. The molecule has 0 radical (unpaired) electrons. The maximum atomic E-state index is 6.98. The molecule has 0 amide bonds. The van der Waals surface area contributed by atoms with Crippen LogP contribution in [0.4, 0.5) is 0 Å². The summed E-state index contributed by atoms with van der Waals surface area (Å²) in [5.41, 5.74) is 6.61. The van der Waals surface area contributed by atoms with Gasteiger partial charge in [-0.2, -0.15) is 0 Å². The first kappa shape index (κ1) is 7.95. The molecule has 0 bridgehead atoms. The Labute approximate surface area is 55.6 Å². The summed E-state index contributed by atoms with van der Waals surface area (Å²) >= 11 is 0. The molecule has 0 aromatic rings. The first-order valence-corrected chi connectivity index (χ1v) is 2.78. The van der Waals surface area contributed by atoms with Gasteiger partial charge in [-0.3, -0.25) is 0 Å². The van der Waals surface area contributed by atoms with Crippen LogP contribution in [0, 0.1) is 5.41 Å². The number of rotatable bonds is 2. The second-order valence-electron chi connectivity index (χ2n) is 1.95. The molecule has 50 valence electrons. The van der Waals surface area contributed by atoms with Gasteiger partial charge in [0.05, 0.1) is 0 Å². The molecule has 2 nitrogen and oxygen atoms in total. The maximum Gasteiger partial charge on any atom is 0.0282 e. The normalized spacial score (nSPS) is 12.4. The number of hydrogen-bond acceptors (Lipinski definition) is 2. The van der Waals surface area contributed by atoms with Crippen molar-refractivity contribution < 1.29 is 0 Å². The van der Waals surface area contributed by atoms with Gasteiger partial charge in [-0.05, 0) is 26.0 Å². The van der Waals surface area contributed by atoms with Crippen LogP contribution in [-0.2, 0) is 0 Å². The summed E-state index contributed by atoms with van der Waals surface area (Å²) in [5.74, 6) is 0. The lowest BCUT2D eigenvalue weighted by Crippen LogP contribution is -1.88. The third kappa shape index (κ3) is 6.95. The Balaban J connectivity index is 3.74. The van der Waals surface area contributed by atoms with E-state index in [9.17, 15) is 0 Å². The molecule has 0 aliphatic carbocycles. The standard InChI is InChI=1S/C7H12N2/c1-6(8)4-3-5-7(2)9/h3-5,8H,9H2,1-2H3/b4-3-,7-5+,8-6?. The number of hydrogen-bond donors (Lipinski definition) is 2. The first-order chi connectivity index (χ1) is 4.13. The van der Waals surface area contributed by atoms with Crippen LogP contribution >= 0.6 is 0 Å². The van der Waals surface area contributed by atoms with Gasteiger partial charge in [-0.25, -0.2) is 0 Å². The van der Waals surface area contributed by atoms with Crippen LogP contribution in [0.3, 0.4) is 0 Å². The maximum absolute atomic E-state index is 6.98. The Kier molecular flexibility index (Phi) is 3.44. The average Bonchev–Trinajstić information content (AvgIpc) is 1.63. The lowest BCUT2D eigenvalue weighted by molar-refractivity contribution is 1.32. The van der Waals surface area contributed by atoms with Gasteiger partial charge < -0.3 is 11.1 Å². The fourth-order valence-electron chi connectivity index (χ4n) is 0.344. The minimum Gasteiger partial charge on any atom is -0.402 e. The smallest absolute Gasteiger partial charge is 0.0282 e. The fourth-order valence-corrected chi connectivity index (χ4v) is 0.344. The van der Waals surface area contributed by atoms with E-state index in [4.69, 9.17) is 11.1 Å². The van der Waals surface area contributed by atoms with Gasteiger partial charge in [0.2, 0.25) is 0 Å². The molecule has 0 fully saturated rings. The van der Waals surface area contributed by atoms with Crippen molar-refractivity contribution in [1.82, 2.24) is 0 Å². The van der Waals surface area contributed by atoms with Crippen molar-refractivity contribution in [3.8, 4) is 0 Å². The zero-order valence-electron chi connectivity index (χ0n) is 5.81. The van der Waals surface area contributed by atoms with Gasteiger partial charge in [0, 0.05) is 11.4 Å². The van der Waals surface area contributed by atoms with Crippen LogP contribution in [0.1, 0.15) is 13.8 Å². The van der Waals surface area contributed by atoms with Gasteiger partial charge in [0.1, 0.15) is 0 Å². The van der Waals surface area contributed by atoms with E-state index >= 15 is 0 Å². The SMILES string of the molecule is CC(=N)/C=C\C=C(/C)N. The van der Waals surface area contributed by atoms with Crippen LogP contribution in [0.2, 0.25) is 0 Å². The minimum absolute atomic E-state index is 0.535. The topological polar surface area (TPSA) is 49.9 Å². The summed E-state index contributed by atoms with van der Waals surface area (Å²) in [7, 11) is 0. The van der Waals surface area contributed by atoms with E-state index in [0.717, 1.165) is 5.70 Å². The lowest BCUT2D eigenvalue weighted by Gasteiger charge is -1.82. The molecule has 0 aliphatic rings. The molecule has 0 heterocycles. The van der Waals surface area contributed by atoms with Gasteiger partial charge in [-0.15, -0.1) is 0 Å². The van der Waals surface area contributed by atoms with Crippen molar-refractivity contribution in [1.29, 1.82) is 5.41 Å². The molecule has 3 N–H and O–H groups in total. The number of nitrogens with two attached hydrogens (primary N) is 1. The second-order valence-corrected chi connectivity index (χ2v) is 1.95. The van der Waals surface area contributed by atoms with Crippen LogP contribution in [-0.4, -0.2) is 5.71 Å². The largest absolute Gasteiger partial charge is 0.402 e. The lowest BCUT2D eigenvalue weighted by atomic mass is 10.3. The van der Waals surface area contributed by atoms with Crippen LogP contribution in [0.5, 0.6) is 0 Å². The molecule has 0 saturated heterocycles. The zero-order chi connectivity index (χ0) is 7.28. The van der Waals surface area contributed by atoms with Gasteiger partial charge in [0.25, 0.3) is 0 Å². The number of allylic oxidation sites excluding steroid dienone is 4. The summed E-state index contributed by atoms with van der Waals surface area (Å²) in [6.07, 6.45) is 5.21. The molecule has 0 atom stereocenters. The van der Waals surface area contributed by atoms with E-state index in [1.165, 1.54) is 0 Å². The van der Waals surface area contributed by atoms with E-state index in [0.29, 0.717) is 5.71 Å². The van der Waals surface area contributed by atoms with E-state index in [2.05, 4.69) is 0 Å². The van der Waals surface area contributed by atoms with Crippen molar-refractivity contribution in [3.05, 3.63) is 23.9 Å². The zero-order valence-corrected chi connectivity index (χ0v) is 5.81. The van der Waals surface area contributed by atoms with E-state index in [1.54, 1.807) is 25.2 Å². The van der Waals surface area contributed by atoms with E-state index in [-0.39, 0.29) is 0 Å². The molecule has 0 spiro atoms. The molecular formula is C7H12N2. The molecule has 0 rings (SSSR count). The highest BCUT2D eigenvalue weighted by Gasteiger charge is 1.73. The molecule has 0 aromatic heterocycles. The molecular weight excluding hydrogens is 112 g/mol. The average molecular weight is 124 g/mol. The summed E-state index contributed by atoms with van der Waals surface area (Å²) in [6, 6.07) is 0. The van der Waals surface area contributed by atoms with E-state index in [1.807, 2.05) is 6.92 Å². The highest BCUT2D eigenvalue weighted by atomic mass is 14.5. The van der Waals surface area contributed by atoms with Crippen molar-refractivity contribution >= 4 is 5.71 Å². The molecule has 0 aliphatic heterocycles. The van der Waals surface area contributed by atoms with Crippen molar-refractivity contribution in [2.45, 2.75) is 13.8 Å². The summed E-state index contributed by atoms with van der Waals surface area (Å²) < 4.78 is 0. The Bertz CT molecular complexity index is 150. The summed E-state index contributed by atoms with van der Waals surface area (Å²) in [4.78, 5) is 0. The first-order valence-electron chi connectivity index (χ1n) is 2.78. The predicted octanol–water partition coefficient (Wildman–Crippen LogP) is 1.44. The molecule has 0 saturated carbocycles. The van der Waals surface area contributed by atoms with Crippen LogP contribution in [0.25, 0.3) is 0 Å². The predicted molar refractivity (Wildman–Crippen MR) is 40.5 cm³/mol. The van der Waals surface area contributed by atoms with Gasteiger partial charge in [-0.1, -0.05) is 6.08 Å². The minimum atomic E-state index is 0.535. The molecule has 0 aromatic carbocycles. The highest BCUT2D eigenvalue weighted by Crippen LogP contribution is 1.82. The molecule has 2 heteroatoms.